The minimum absolute atomic E-state index is 0.168. The van der Waals surface area contributed by atoms with Crippen LogP contribution in [0, 0.1) is 0 Å². The number of benzene rings is 1. The Balaban J connectivity index is 2.18. The normalized spacial score (nSPS) is 12.2. The van der Waals surface area contributed by atoms with Crippen LogP contribution in [0.2, 0.25) is 5.02 Å². The second-order valence-corrected chi connectivity index (χ2v) is 8.04. The number of nitrogens with zero attached hydrogens (tertiary/aromatic N) is 3. The molecule has 1 unspecified atom stereocenters. The molecule has 8 nitrogen and oxygen atoms in total. The van der Waals surface area contributed by atoms with Gasteiger partial charge in [0.05, 0.1) is 13.3 Å². The molecule has 0 N–H and O–H groups in total. The molecular formula is C20H17ClF2IN3O5. The highest BCUT2D eigenvalue weighted by molar-refractivity contribution is 14.1. The van der Waals surface area contributed by atoms with Crippen molar-refractivity contribution >= 4 is 38.0 Å². The molecule has 0 saturated carbocycles. The Hall–Kier alpha value is -2.38. The van der Waals surface area contributed by atoms with E-state index in [0.29, 0.717) is 22.6 Å². The maximum atomic E-state index is 12.9. The molecule has 2 aromatic heterocycles. The van der Waals surface area contributed by atoms with Gasteiger partial charge in [0.15, 0.2) is 0 Å². The van der Waals surface area contributed by atoms with E-state index in [1.807, 2.05) is 0 Å². The van der Waals surface area contributed by atoms with Crippen molar-refractivity contribution in [3.63, 3.8) is 0 Å². The quantitative estimate of drug-likeness (QED) is 0.268. The summed E-state index contributed by atoms with van der Waals surface area (Å²) >= 11 is 7.79. The predicted octanol–water partition coefficient (Wildman–Crippen LogP) is 4.70. The van der Waals surface area contributed by atoms with Gasteiger partial charge in [-0.25, -0.2) is 0 Å². The number of alkyl halides is 2. The van der Waals surface area contributed by atoms with E-state index in [1.54, 1.807) is 22.6 Å². The molecule has 32 heavy (non-hydrogen) atoms. The maximum absolute atomic E-state index is 12.9. The number of methoxy groups -OCH3 is 2. The summed E-state index contributed by atoms with van der Waals surface area (Å²) in [7, 11) is 2.90. The number of hydrogen-bond donors (Lipinski definition) is 0. The number of carbonyl (C=O) groups is 1. The average molecular weight is 580 g/mol. The Labute approximate surface area is 199 Å². The van der Waals surface area contributed by atoms with E-state index in [0.717, 1.165) is 0 Å². The molecule has 0 bridgehead atoms. The van der Waals surface area contributed by atoms with Gasteiger partial charge in [-0.1, -0.05) is 11.6 Å². The molecule has 0 saturated heterocycles. The van der Waals surface area contributed by atoms with Crippen molar-refractivity contribution in [3.8, 4) is 28.3 Å². The van der Waals surface area contributed by atoms with Gasteiger partial charge in [-0.2, -0.15) is 8.78 Å². The third kappa shape index (κ3) is 5.15. The van der Waals surface area contributed by atoms with E-state index >= 15 is 0 Å². The number of hydrogen-bond acceptors (Lipinski definition) is 7. The van der Waals surface area contributed by atoms with Crippen molar-refractivity contribution in [2.75, 3.05) is 20.8 Å². The van der Waals surface area contributed by atoms with Crippen molar-refractivity contribution in [1.29, 1.82) is 0 Å². The van der Waals surface area contributed by atoms with Crippen LogP contribution in [-0.2, 0) is 9.53 Å². The number of carbonyl (C=O) groups excluding carboxylic acids is 1. The maximum Gasteiger partial charge on any atom is 0.314 e. The SMILES string of the molecule is COCCC(C(=O)I)n1cc(OC)c(-c2cc(Cl)ccc2-c2nnc(C(F)F)o2)cc1=O. The zero-order chi connectivity index (χ0) is 23.4. The van der Waals surface area contributed by atoms with Gasteiger partial charge < -0.3 is 18.5 Å². The minimum atomic E-state index is -2.93. The highest BCUT2D eigenvalue weighted by Gasteiger charge is 2.24. The molecule has 3 rings (SSSR count). The molecular weight excluding hydrogens is 563 g/mol. The Bertz CT molecular complexity index is 1180. The van der Waals surface area contributed by atoms with Crippen LogP contribution < -0.4 is 10.3 Å². The van der Waals surface area contributed by atoms with Crippen molar-refractivity contribution in [2.24, 2.45) is 0 Å². The molecule has 3 aromatic rings. The van der Waals surface area contributed by atoms with Crippen molar-refractivity contribution in [2.45, 2.75) is 18.9 Å². The van der Waals surface area contributed by atoms with E-state index in [9.17, 15) is 18.4 Å². The first-order valence-corrected chi connectivity index (χ1v) is 10.6. The van der Waals surface area contributed by atoms with Gasteiger partial charge in [0.2, 0.25) is 9.68 Å². The Morgan fingerprint density at radius 3 is 2.56 bits per heavy atom. The van der Waals surface area contributed by atoms with E-state index in [4.69, 9.17) is 25.5 Å². The van der Waals surface area contributed by atoms with Gasteiger partial charge >= 0.3 is 6.43 Å². The van der Waals surface area contributed by atoms with Gasteiger partial charge in [0.1, 0.15) is 11.8 Å². The first-order chi connectivity index (χ1) is 15.3. The largest absolute Gasteiger partial charge is 0.495 e. The van der Waals surface area contributed by atoms with Crippen LogP contribution >= 0.6 is 34.2 Å². The molecule has 0 aliphatic carbocycles. The number of rotatable bonds is 9. The average Bonchev–Trinajstić information content (AvgIpc) is 3.25. The zero-order valence-corrected chi connectivity index (χ0v) is 19.8. The number of halogens is 4. The monoisotopic (exact) mass is 579 g/mol. The lowest BCUT2D eigenvalue weighted by atomic mass is 9.99. The first kappa shape index (κ1) is 24.3. The third-order valence-corrected chi connectivity index (χ3v) is 5.54. The summed E-state index contributed by atoms with van der Waals surface area (Å²) in [5, 5.41) is 7.35. The smallest absolute Gasteiger partial charge is 0.314 e. The number of aromatic nitrogens is 3. The van der Waals surface area contributed by atoms with Gasteiger partial charge in [0.25, 0.3) is 11.4 Å². The first-order valence-electron chi connectivity index (χ1n) is 9.17. The lowest BCUT2D eigenvalue weighted by molar-refractivity contribution is -0.112. The Morgan fingerprint density at radius 1 is 1.22 bits per heavy atom. The number of pyridine rings is 1. The van der Waals surface area contributed by atoms with E-state index in [1.165, 1.54) is 49.2 Å². The number of ether oxygens (including phenoxy) is 2. The van der Waals surface area contributed by atoms with Crippen LogP contribution in [0.5, 0.6) is 5.75 Å². The van der Waals surface area contributed by atoms with Crippen LogP contribution in [0.25, 0.3) is 22.6 Å². The summed E-state index contributed by atoms with van der Waals surface area (Å²) in [6, 6.07) is 5.08. The zero-order valence-electron chi connectivity index (χ0n) is 16.9. The van der Waals surface area contributed by atoms with Crippen LogP contribution in [0.4, 0.5) is 8.78 Å². The Kier molecular flexibility index (Phi) is 7.96. The van der Waals surface area contributed by atoms with Crippen molar-refractivity contribution < 1.29 is 27.5 Å². The summed E-state index contributed by atoms with van der Waals surface area (Å²) in [5.41, 5.74) is 0.480. The summed E-state index contributed by atoms with van der Waals surface area (Å²) < 4.78 is 42.4. The summed E-state index contributed by atoms with van der Waals surface area (Å²) in [6.45, 7) is 0.276. The summed E-state index contributed by atoms with van der Waals surface area (Å²) in [4.78, 5) is 25.1. The van der Waals surface area contributed by atoms with Crippen LogP contribution in [0.3, 0.4) is 0 Å². The van der Waals surface area contributed by atoms with Gasteiger partial charge in [-0.3, -0.25) is 9.59 Å². The van der Waals surface area contributed by atoms with Crippen molar-refractivity contribution in [1.82, 2.24) is 14.8 Å². The van der Waals surface area contributed by atoms with E-state index in [-0.39, 0.29) is 27.6 Å². The standard InChI is InChI=1S/C20H17ClF2IN3O5/c1-30-6-5-14(18(24)29)27-9-15(31-2)13(8-16(27)28)12-7-10(21)3-4-11(12)19-25-26-20(32-19)17(22)23/h3-4,7-9,14,17H,5-6H2,1-2H3. The summed E-state index contributed by atoms with van der Waals surface area (Å²) in [5.74, 6) is -0.745. The van der Waals surface area contributed by atoms with Crippen molar-refractivity contribution in [3.05, 3.63) is 51.7 Å². The lowest BCUT2D eigenvalue weighted by Crippen LogP contribution is -2.28. The molecule has 170 valence electrons. The van der Waals surface area contributed by atoms with Crippen LogP contribution in [0.15, 0.2) is 39.7 Å². The highest BCUT2D eigenvalue weighted by atomic mass is 127. The molecule has 0 spiro atoms. The fourth-order valence-corrected chi connectivity index (χ4v) is 3.88. The highest BCUT2D eigenvalue weighted by Crippen LogP contribution is 2.38. The molecule has 2 heterocycles. The van der Waals surface area contributed by atoms with Gasteiger partial charge in [0, 0.05) is 58.5 Å². The van der Waals surface area contributed by atoms with Crippen LogP contribution in [-0.4, -0.2) is 39.4 Å². The lowest BCUT2D eigenvalue weighted by Gasteiger charge is -2.19. The molecule has 0 aliphatic rings. The minimum Gasteiger partial charge on any atom is -0.495 e. The molecule has 0 amide bonds. The fraction of sp³-hybridized carbons (Fsp3) is 0.300. The second-order valence-electron chi connectivity index (χ2n) is 6.54. The summed E-state index contributed by atoms with van der Waals surface area (Å²) in [6.07, 6.45) is -1.22. The van der Waals surface area contributed by atoms with Gasteiger partial charge in [-0.05, 0) is 30.2 Å². The predicted molar refractivity (Wildman–Crippen MR) is 121 cm³/mol. The van der Waals surface area contributed by atoms with Gasteiger partial charge in [-0.15, -0.1) is 10.2 Å². The molecule has 0 aliphatic heterocycles. The third-order valence-electron chi connectivity index (χ3n) is 4.59. The van der Waals surface area contributed by atoms with E-state index in [2.05, 4.69) is 10.2 Å². The van der Waals surface area contributed by atoms with Crippen LogP contribution in [0.1, 0.15) is 24.8 Å². The molecule has 0 fully saturated rings. The Morgan fingerprint density at radius 2 is 1.97 bits per heavy atom. The molecule has 1 atom stereocenters. The topological polar surface area (TPSA) is 96.5 Å². The molecule has 1 aromatic carbocycles. The molecule has 12 heteroatoms. The van der Waals surface area contributed by atoms with E-state index < -0.39 is 23.9 Å². The fourth-order valence-electron chi connectivity index (χ4n) is 3.09. The molecule has 0 radical (unpaired) electrons. The second kappa shape index (κ2) is 10.5.